The lowest BCUT2D eigenvalue weighted by molar-refractivity contribution is 0.357. The maximum Gasteiger partial charge on any atom is 0.314 e. The van der Waals surface area contributed by atoms with Crippen molar-refractivity contribution in [3.8, 4) is 0 Å². The predicted molar refractivity (Wildman–Crippen MR) is 82.3 cm³/mol. The Morgan fingerprint density at radius 3 is 2.32 bits per heavy atom. The standard InChI is InChI=1S/C14H17N3O4S/c1-8(9-3-4-9)17(2)22(20,21)10-5-6-11-12(7-10)16-14(19)13(18)15-11/h5-9H,3-4H2,1-2H3,(H,15,18)(H,16,19)/t8-/m1/s1. The van der Waals surface area contributed by atoms with E-state index in [9.17, 15) is 18.0 Å². The molecule has 1 aliphatic rings. The van der Waals surface area contributed by atoms with Gasteiger partial charge in [-0.1, -0.05) is 0 Å². The third kappa shape index (κ3) is 2.48. The van der Waals surface area contributed by atoms with Gasteiger partial charge in [0, 0.05) is 13.1 Å². The van der Waals surface area contributed by atoms with E-state index in [2.05, 4.69) is 9.97 Å². The summed E-state index contributed by atoms with van der Waals surface area (Å²) in [5.41, 5.74) is -0.885. The molecular weight excluding hydrogens is 306 g/mol. The van der Waals surface area contributed by atoms with Gasteiger partial charge in [0.15, 0.2) is 0 Å². The minimum atomic E-state index is -3.64. The SMILES string of the molecule is C[C@H](C1CC1)N(C)S(=O)(=O)c1ccc2[nH]c(=O)c(=O)[nH]c2c1. The molecule has 2 N–H and O–H groups in total. The zero-order valence-corrected chi connectivity index (χ0v) is 13.1. The van der Waals surface area contributed by atoms with Crippen molar-refractivity contribution >= 4 is 21.1 Å². The molecule has 0 bridgehead atoms. The zero-order chi connectivity index (χ0) is 16.1. The van der Waals surface area contributed by atoms with Gasteiger partial charge in [0.2, 0.25) is 10.0 Å². The molecule has 1 saturated carbocycles. The Bertz CT molecular complexity index is 940. The van der Waals surface area contributed by atoms with E-state index in [1.54, 1.807) is 7.05 Å². The topological polar surface area (TPSA) is 103 Å². The lowest BCUT2D eigenvalue weighted by Gasteiger charge is -2.24. The van der Waals surface area contributed by atoms with Gasteiger partial charge in [-0.15, -0.1) is 0 Å². The average Bonchev–Trinajstić information content (AvgIpc) is 3.31. The molecule has 0 saturated heterocycles. The van der Waals surface area contributed by atoms with Gasteiger partial charge < -0.3 is 9.97 Å². The molecule has 0 unspecified atom stereocenters. The van der Waals surface area contributed by atoms with Gasteiger partial charge >= 0.3 is 11.1 Å². The molecular formula is C14H17N3O4S. The van der Waals surface area contributed by atoms with Crippen molar-refractivity contribution in [2.75, 3.05) is 7.05 Å². The summed E-state index contributed by atoms with van der Waals surface area (Å²) in [6.07, 6.45) is 2.10. The summed E-state index contributed by atoms with van der Waals surface area (Å²) in [5, 5.41) is 0. The van der Waals surface area contributed by atoms with Gasteiger partial charge in [-0.2, -0.15) is 4.31 Å². The van der Waals surface area contributed by atoms with E-state index in [0.29, 0.717) is 11.4 Å². The van der Waals surface area contributed by atoms with Crippen molar-refractivity contribution in [2.24, 2.45) is 5.92 Å². The molecule has 1 fully saturated rings. The van der Waals surface area contributed by atoms with Gasteiger partial charge in [-0.3, -0.25) is 9.59 Å². The van der Waals surface area contributed by atoms with Crippen LogP contribution in [-0.2, 0) is 10.0 Å². The Morgan fingerprint density at radius 1 is 1.14 bits per heavy atom. The first-order chi connectivity index (χ1) is 10.3. The Kier molecular flexibility index (Phi) is 3.45. The van der Waals surface area contributed by atoms with Crippen LogP contribution < -0.4 is 11.1 Å². The van der Waals surface area contributed by atoms with Crippen LogP contribution in [0.25, 0.3) is 11.0 Å². The van der Waals surface area contributed by atoms with Crippen LogP contribution >= 0.6 is 0 Å². The molecule has 0 amide bonds. The smallest absolute Gasteiger partial charge is 0.314 e. The van der Waals surface area contributed by atoms with Crippen molar-refractivity contribution < 1.29 is 8.42 Å². The molecule has 0 spiro atoms. The van der Waals surface area contributed by atoms with Crippen LogP contribution in [0.5, 0.6) is 0 Å². The highest BCUT2D eigenvalue weighted by Crippen LogP contribution is 2.36. The molecule has 118 valence electrons. The number of hydrogen-bond acceptors (Lipinski definition) is 4. The molecule has 1 heterocycles. The molecule has 8 heteroatoms. The Labute approximate surface area is 127 Å². The van der Waals surface area contributed by atoms with E-state index >= 15 is 0 Å². The number of H-pyrrole nitrogens is 2. The highest BCUT2D eigenvalue weighted by Gasteiger charge is 2.36. The zero-order valence-electron chi connectivity index (χ0n) is 12.3. The summed E-state index contributed by atoms with van der Waals surface area (Å²) in [4.78, 5) is 27.5. The Balaban J connectivity index is 2.06. The van der Waals surface area contributed by atoms with Gasteiger partial charge in [0.25, 0.3) is 0 Å². The fraction of sp³-hybridized carbons (Fsp3) is 0.429. The number of sulfonamides is 1. The van der Waals surface area contributed by atoms with Crippen LogP contribution in [0.15, 0.2) is 32.7 Å². The summed E-state index contributed by atoms with van der Waals surface area (Å²) in [6.45, 7) is 1.90. The average molecular weight is 323 g/mol. The highest BCUT2D eigenvalue weighted by molar-refractivity contribution is 7.89. The second kappa shape index (κ2) is 5.06. The minimum Gasteiger partial charge on any atom is -0.316 e. The summed E-state index contributed by atoms with van der Waals surface area (Å²) < 4.78 is 26.7. The van der Waals surface area contributed by atoms with Gasteiger partial charge in [-0.05, 0) is 43.9 Å². The summed E-state index contributed by atoms with van der Waals surface area (Å²) >= 11 is 0. The highest BCUT2D eigenvalue weighted by atomic mass is 32.2. The van der Waals surface area contributed by atoms with Crippen LogP contribution in [-0.4, -0.2) is 35.8 Å². The molecule has 1 aromatic carbocycles. The normalized spacial score (nSPS) is 17.0. The van der Waals surface area contributed by atoms with E-state index in [-0.39, 0.29) is 16.5 Å². The summed E-state index contributed by atoms with van der Waals surface area (Å²) in [6, 6.07) is 4.23. The number of aromatic nitrogens is 2. The predicted octanol–water partition coefficient (Wildman–Crippen LogP) is 0.635. The Hall–Kier alpha value is -1.93. The van der Waals surface area contributed by atoms with E-state index < -0.39 is 21.1 Å². The van der Waals surface area contributed by atoms with E-state index in [4.69, 9.17) is 0 Å². The molecule has 1 aromatic heterocycles. The maximum absolute atomic E-state index is 12.7. The molecule has 0 radical (unpaired) electrons. The number of nitrogens with one attached hydrogen (secondary N) is 2. The summed E-state index contributed by atoms with van der Waals surface area (Å²) in [5.74, 6) is 0.413. The fourth-order valence-electron chi connectivity index (χ4n) is 2.52. The van der Waals surface area contributed by atoms with Crippen molar-refractivity contribution in [1.29, 1.82) is 0 Å². The molecule has 7 nitrogen and oxygen atoms in total. The van der Waals surface area contributed by atoms with Crippen LogP contribution in [0.2, 0.25) is 0 Å². The molecule has 3 rings (SSSR count). The van der Waals surface area contributed by atoms with Crippen molar-refractivity contribution in [1.82, 2.24) is 14.3 Å². The van der Waals surface area contributed by atoms with Crippen LogP contribution in [0.4, 0.5) is 0 Å². The first-order valence-electron chi connectivity index (χ1n) is 7.05. The number of hydrogen-bond donors (Lipinski definition) is 2. The maximum atomic E-state index is 12.7. The van der Waals surface area contributed by atoms with Crippen molar-refractivity contribution in [2.45, 2.75) is 30.7 Å². The van der Waals surface area contributed by atoms with Crippen LogP contribution in [0.3, 0.4) is 0 Å². The minimum absolute atomic E-state index is 0.0599. The van der Waals surface area contributed by atoms with E-state index in [1.807, 2.05) is 6.92 Å². The van der Waals surface area contributed by atoms with Gasteiger partial charge in [0.05, 0.1) is 15.9 Å². The molecule has 22 heavy (non-hydrogen) atoms. The number of rotatable bonds is 4. The molecule has 1 atom stereocenters. The summed E-state index contributed by atoms with van der Waals surface area (Å²) in [7, 11) is -2.07. The van der Waals surface area contributed by atoms with Crippen LogP contribution in [0, 0.1) is 5.92 Å². The van der Waals surface area contributed by atoms with Crippen molar-refractivity contribution in [3.05, 3.63) is 38.9 Å². The fourth-order valence-corrected chi connectivity index (χ4v) is 3.96. The molecule has 1 aliphatic carbocycles. The van der Waals surface area contributed by atoms with Gasteiger partial charge in [-0.25, -0.2) is 8.42 Å². The lowest BCUT2D eigenvalue weighted by Crippen LogP contribution is -2.36. The van der Waals surface area contributed by atoms with Crippen molar-refractivity contribution in [3.63, 3.8) is 0 Å². The van der Waals surface area contributed by atoms with E-state index in [0.717, 1.165) is 12.8 Å². The Morgan fingerprint density at radius 2 is 1.73 bits per heavy atom. The molecule has 0 aliphatic heterocycles. The monoisotopic (exact) mass is 323 g/mol. The number of aromatic amines is 2. The quantitative estimate of drug-likeness (QED) is 0.806. The van der Waals surface area contributed by atoms with Crippen LogP contribution in [0.1, 0.15) is 19.8 Å². The largest absolute Gasteiger partial charge is 0.316 e. The third-order valence-corrected chi connectivity index (χ3v) is 6.19. The first kappa shape index (κ1) is 15.0. The third-order valence-electron chi connectivity index (χ3n) is 4.25. The number of nitrogens with zero attached hydrogens (tertiary/aromatic N) is 1. The number of fused-ring (bicyclic) bond motifs is 1. The number of benzene rings is 1. The van der Waals surface area contributed by atoms with Gasteiger partial charge in [0.1, 0.15) is 0 Å². The van der Waals surface area contributed by atoms with E-state index in [1.165, 1.54) is 22.5 Å². The second-order valence-electron chi connectivity index (χ2n) is 5.71. The first-order valence-corrected chi connectivity index (χ1v) is 8.49. The molecule has 2 aromatic rings. The second-order valence-corrected chi connectivity index (χ2v) is 7.71. The lowest BCUT2D eigenvalue weighted by atomic mass is 10.2.